The van der Waals surface area contributed by atoms with Gasteiger partial charge < -0.3 is 4.74 Å². The zero-order valence-corrected chi connectivity index (χ0v) is 7.55. The van der Waals surface area contributed by atoms with Crippen LogP contribution in [0.2, 0.25) is 0 Å². The van der Waals surface area contributed by atoms with Gasteiger partial charge in [0, 0.05) is 13.7 Å². The lowest BCUT2D eigenvalue weighted by atomic mass is 10.1. The van der Waals surface area contributed by atoms with Gasteiger partial charge in [-0.3, -0.25) is 4.90 Å². The molecule has 0 bridgehead atoms. The van der Waals surface area contributed by atoms with Gasteiger partial charge in [0.25, 0.3) is 0 Å². The van der Waals surface area contributed by atoms with E-state index in [0.717, 1.165) is 19.2 Å². The van der Waals surface area contributed by atoms with Crippen LogP contribution in [0.3, 0.4) is 0 Å². The van der Waals surface area contributed by atoms with Gasteiger partial charge in [0.1, 0.15) is 0 Å². The molecule has 0 amide bonds. The van der Waals surface area contributed by atoms with E-state index < -0.39 is 0 Å². The maximum absolute atomic E-state index is 4.96. The fraction of sp³-hybridized carbons (Fsp3) is 1.00. The van der Waals surface area contributed by atoms with E-state index in [0.29, 0.717) is 0 Å². The molecule has 2 nitrogen and oxygen atoms in total. The third-order valence-corrected chi connectivity index (χ3v) is 1.44. The van der Waals surface area contributed by atoms with Gasteiger partial charge in [-0.15, -0.1) is 0 Å². The lowest BCUT2D eigenvalue weighted by Gasteiger charge is -2.15. The summed E-state index contributed by atoms with van der Waals surface area (Å²) >= 11 is 0. The Kier molecular flexibility index (Phi) is 5.64. The molecule has 62 valence electrons. The van der Waals surface area contributed by atoms with E-state index >= 15 is 0 Å². The Morgan fingerprint density at radius 1 is 1.40 bits per heavy atom. The van der Waals surface area contributed by atoms with Crippen LogP contribution in [0, 0.1) is 5.92 Å². The third-order valence-electron chi connectivity index (χ3n) is 1.44. The fourth-order valence-electron chi connectivity index (χ4n) is 0.764. The quantitative estimate of drug-likeness (QED) is 0.544. The Bertz CT molecular complexity index is 73.7. The second-order valence-electron chi connectivity index (χ2n) is 3.18. The van der Waals surface area contributed by atoms with Gasteiger partial charge in [-0.25, -0.2) is 0 Å². The monoisotopic (exact) mass is 145 g/mol. The summed E-state index contributed by atoms with van der Waals surface area (Å²) in [5, 5.41) is 0. The Balaban J connectivity index is 3.12. The lowest BCUT2D eigenvalue weighted by molar-refractivity contribution is 0.0789. The van der Waals surface area contributed by atoms with Gasteiger partial charge in [-0.1, -0.05) is 13.8 Å². The fourth-order valence-corrected chi connectivity index (χ4v) is 0.764. The van der Waals surface area contributed by atoms with E-state index in [1.807, 2.05) is 0 Å². The summed E-state index contributed by atoms with van der Waals surface area (Å²) in [4.78, 5) is 2.18. The van der Waals surface area contributed by atoms with Crippen LogP contribution in [0.15, 0.2) is 0 Å². The number of hydrogen-bond donors (Lipinski definition) is 0. The molecule has 0 atom stereocenters. The normalized spacial score (nSPS) is 11.4. The molecule has 0 radical (unpaired) electrons. The Morgan fingerprint density at radius 3 is 2.40 bits per heavy atom. The predicted octanol–water partition coefficient (Wildman–Crippen LogP) is 1.57. The largest absolute Gasteiger partial charge is 0.369 e. The SMILES string of the molecule is COCN(C)CCC(C)C. The highest BCUT2D eigenvalue weighted by Crippen LogP contribution is 1.99. The molecule has 0 saturated heterocycles. The molecule has 0 aliphatic rings. The number of rotatable bonds is 5. The molecule has 0 fully saturated rings. The molecule has 0 aromatic carbocycles. The highest BCUT2D eigenvalue weighted by molar-refractivity contribution is 4.49. The number of methoxy groups -OCH3 is 1. The first-order valence-corrected chi connectivity index (χ1v) is 3.84. The van der Waals surface area contributed by atoms with Gasteiger partial charge in [0.2, 0.25) is 0 Å². The average Bonchev–Trinajstić information content (AvgIpc) is 1.85. The molecule has 0 N–H and O–H groups in total. The third kappa shape index (κ3) is 6.05. The van der Waals surface area contributed by atoms with Gasteiger partial charge >= 0.3 is 0 Å². The molecule has 2 heteroatoms. The molecule has 0 aromatic heterocycles. The standard InChI is InChI=1S/C8H19NO/c1-8(2)5-6-9(3)7-10-4/h8H,5-7H2,1-4H3. The van der Waals surface area contributed by atoms with E-state index in [2.05, 4.69) is 25.8 Å². The topological polar surface area (TPSA) is 12.5 Å². The highest BCUT2D eigenvalue weighted by Gasteiger charge is 1.98. The van der Waals surface area contributed by atoms with Crippen molar-refractivity contribution in [2.45, 2.75) is 20.3 Å². The van der Waals surface area contributed by atoms with Crippen LogP contribution in [0.5, 0.6) is 0 Å². The van der Waals surface area contributed by atoms with Gasteiger partial charge in [0.05, 0.1) is 6.73 Å². The molecule has 0 aliphatic heterocycles. The number of nitrogens with zero attached hydrogens (tertiary/aromatic N) is 1. The van der Waals surface area contributed by atoms with Crippen molar-refractivity contribution < 1.29 is 4.74 Å². The molecule has 0 saturated carbocycles. The van der Waals surface area contributed by atoms with Crippen LogP contribution in [0.4, 0.5) is 0 Å². The molecule has 0 aliphatic carbocycles. The van der Waals surface area contributed by atoms with Crippen molar-refractivity contribution in [3.05, 3.63) is 0 Å². The smallest absolute Gasteiger partial charge is 0.0983 e. The first kappa shape index (κ1) is 9.92. The van der Waals surface area contributed by atoms with Crippen molar-refractivity contribution >= 4 is 0 Å². The molecule has 10 heavy (non-hydrogen) atoms. The molecule has 0 heterocycles. The summed E-state index contributed by atoms with van der Waals surface area (Å²) < 4.78 is 4.96. The molecule has 0 spiro atoms. The van der Waals surface area contributed by atoms with Crippen molar-refractivity contribution in [3.63, 3.8) is 0 Å². The van der Waals surface area contributed by atoms with Crippen molar-refractivity contribution in [1.82, 2.24) is 4.90 Å². The lowest BCUT2D eigenvalue weighted by Crippen LogP contribution is -2.22. The van der Waals surface area contributed by atoms with Gasteiger partial charge in [0.15, 0.2) is 0 Å². The molecule has 0 unspecified atom stereocenters. The Morgan fingerprint density at radius 2 is 2.00 bits per heavy atom. The Hall–Kier alpha value is -0.0800. The van der Waals surface area contributed by atoms with Crippen LogP contribution in [0.1, 0.15) is 20.3 Å². The molecular weight excluding hydrogens is 126 g/mol. The highest BCUT2D eigenvalue weighted by atomic mass is 16.5. The Labute approximate surface area is 64.2 Å². The zero-order chi connectivity index (χ0) is 7.98. The summed E-state index contributed by atoms with van der Waals surface area (Å²) in [5.74, 6) is 0.791. The van der Waals surface area contributed by atoms with Crippen molar-refractivity contribution in [3.8, 4) is 0 Å². The maximum Gasteiger partial charge on any atom is 0.0983 e. The first-order valence-electron chi connectivity index (χ1n) is 3.84. The maximum atomic E-state index is 4.96. The van der Waals surface area contributed by atoms with Crippen molar-refractivity contribution in [2.75, 3.05) is 27.4 Å². The van der Waals surface area contributed by atoms with E-state index in [1.54, 1.807) is 7.11 Å². The van der Waals surface area contributed by atoms with E-state index in [-0.39, 0.29) is 0 Å². The van der Waals surface area contributed by atoms with Gasteiger partial charge in [-0.2, -0.15) is 0 Å². The molecule has 0 rings (SSSR count). The summed E-state index contributed by atoms with van der Waals surface area (Å²) in [5.41, 5.74) is 0. The van der Waals surface area contributed by atoms with Crippen LogP contribution < -0.4 is 0 Å². The van der Waals surface area contributed by atoms with Crippen molar-refractivity contribution in [1.29, 1.82) is 0 Å². The van der Waals surface area contributed by atoms with Crippen LogP contribution in [-0.4, -0.2) is 32.3 Å². The number of ether oxygens (including phenoxy) is 1. The minimum atomic E-state index is 0.743. The van der Waals surface area contributed by atoms with Crippen LogP contribution in [0.25, 0.3) is 0 Å². The second kappa shape index (κ2) is 5.69. The number of hydrogen-bond acceptors (Lipinski definition) is 2. The summed E-state index contributed by atoms with van der Waals surface area (Å²) in [6, 6.07) is 0. The van der Waals surface area contributed by atoms with E-state index in [9.17, 15) is 0 Å². The predicted molar refractivity (Wildman–Crippen MR) is 44.0 cm³/mol. The summed E-state index contributed by atoms with van der Waals surface area (Å²) in [6.45, 7) is 6.35. The summed E-state index contributed by atoms with van der Waals surface area (Å²) in [6.07, 6.45) is 1.25. The van der Waals surface area contributed by atoms with Gasteiger partial charge in [-0.05, 0) is 19.4 Å². The minimum Gasteiger partial charge on any atom is -0.369 e. The zero-order valence-electron chi connectivity index (χ0n) is 7.55. The summed E-state index contributed by atoms with van der Waals surface area (Å²) in [7, 11) is 3.80. The van der Waals surface area contributed by atoms with Crippen LogP contribution in [-0.2, 0) is 4.74 Å². The molecular formula is C8H19NO. The average molecular weight is 145 g/mol. The van der Waals surface area contributed by atoms with E-state index in [4.69, 9.17) is 4.74 Å². The second-order valence-corrected chi connectivity index (χ2v) is 3.18. The first-order chi connectivity index (χ1) is 4.66. The molecule has 0 aromatic rings. The van der Waals surface area contributed by atoms with Crippen LogP contribution >= 0.6 is 0 Å². The van der Waals surface area contributed by atoms with E-state index in [1.165, 1.54) is 6.42 Å². The van der Waals surface area contributed by atoms with Crippen molar-refractivity contribution in [2.24, 2.45) is 5.92 Å². The minimum absolute atomic E-state index is 0.743.